The summed E-state index contributed by atoms with van der Waals surface area (Å²) in [5.41, 5.74) is 0.264. The first-order valence-electron chi connectivity index (χ1n) is 7.15. The Morgan fingerprint density at radius 3 is 2.64 bits per heavy atom. The molecule has 0 atom stereocenters. The Labute approximate surface area is 127 Å². The van der Waals surface area contributed by atoms with Crippen molar-refractivity contribution in [3.8, 4) is 0 Å². The van der Waals surface area contributed by atoms with Crippen LogP contribution in [0.15, 0.2) is 24.3 Å². The molecule has 22 heavy (non-hydrogen) atoms. The lowest BCUT2D eigenvalue weighted by Crippen LogP contribution is -2.38. The van der Waals surface area contributed by atoms with E-state index in [4.69, 9.17) is 4.74 Å². The zero-order valence-corrected chi connectivity index (χ0v) is 12.2. The molecule has 0 bridgehead atoms. The molecule has 3 amide bonds. The highest BCUT2D eigenvalue weighted by molar-refractivity contribution is 6.13. The molecule has 0 unspecified atom stereocenters. The first kappa shape index (κ1) is 14.4. The number of anilines is 2. The van der Waals surface area contributed by atoms with E-state index in [1.54, 1.807) is 24.3 Å². The summed E-state index contributed by atoms with van der Waals surface area (Å²) < 4.78 is 4.90. The van der Waals surface area contributed by atoms with Gasteiger partial charge in [-0.15, -0.1) is 0 Å². The Morgan fingerprint density at radius 2 is 2.05 bits per heavy atom. The molecule has 0 radical (unpaired) electrons. The van der Waals surface area contributed by atoms with Gasteiger partial charge in [-0.3, -0.25) is 14.5 Å². The number of cyclic esters (lactones) is 1. The second kappa shape index (κ2) is 5.32. The molecule has 3 rings (SSSR count). The van der Waals surface area contributed by atoms with Gasteiger partial charge in [0.1, 0.15) is 12.0 Å². The lowest BCUT2D eigenvalue weighted by molar-refractivity contribution is -0.134. The topological polar surface area (TPSA) is 87.7 Å². The summed E-state index contributed by atoms with van der Waals surface area (Å²) in [6, 6.07) is 6.94. The molecule has 1 aliphatic heterocycles. The van der Waals surface area contributed by atoms with Crippen molar-refractivity contribution >= 4 is 29.3 Å². The van der Waals surface area contributed by atoms with E-state index in [0.29, 0.717) is 37.4 Å². The largest absolute Gasteiger partial charge is 0.447 e. The highest BCUT2D eigenvalue weighted by atomic mass is 16.6. The molecular formula is C15H17N3O4. The SMILES string of the molecule is CNC(=O)C1(C(=O)Nc2cccc(N3CCOC3=O)c2)CC1. The van der Waals surface area contributed by atoms with E-state index in [9.17, 15) is 14.4 Å². The zero-order valence-electron chi connectivity index (χ0n) is 12.2. The van der Waals surface area contributed by atoms with Crippen LogP contribution in [0, 0.1) is 5.41 Å². The van der Waals surface area contributed by atoms with E-state index >= 15 is 0 Å². The van der Waals surface area contributed by atoms with Gasteiger partial charge in [0.05, 0.1) is 6.54 Å². The Balaban J connectivity index is 1.75. The Bertz CT molecular complexity index is 639. The number of carbonyl (C=O) groups is 3. The number of nitrogens with zero attached hydrogens (tertiary/aromatic N) is 1. The fourth-order valence-corrected chi connectivity index (χ4v) is 2.55. The number of rotatable bonds is 4. The van der Waals surface area contributed by atoms with Crippen molar-refractivity contribution in [2.24, 2.45) is 5.41 Å². The fourth-order valence-electron chi connectivity index (χ4n) is 2.55. The van der Waals surface area contributed by atoms with Crippen molar-refractivity contribution in [3.05, 3.63) is 24.3 Å². The van der Waals surface area contributed by atoms with E-state index in [0.717, 1.165) is 0 Å². The van der Waals surface area contributed by atoms with Crippen molar-refractivity contribution in [1.82, 2.24) is 5.32 Å². The molecule has 1 aromatic rings. The molecule has 1 heterocycles. The maximum Gasteiger partial charge on any atom is 0.414 e. The molecule has 0 spiro atoms. The first-order valence-corrected chi connectivity index (χ1v) is 7.15. The normalized spacial score (nSPS) is 18.6. The third-order valence-corrected chi connectivity index (χ3v) is 4.02. The number of hydrogen-bond acceptors (Lipinski definition) is 4. The minimum absolute atomic E-state index is 0.260. The van der Waals surface area contributed by atoms with Gasteiger partial charge in [-0.1, -0.05) is 6.07 Å². The van der Waals surface area contributed by atoms with Gasteiger partial charge in [-0.25, -0.2) is 4.79 Å². The molecule has 1 aromatic carbocycles. The first-order chi connectivity index (χ1) is 10.6. The summed E-state index contributed by atoms with van der Waals surface area (Å²) in [5.74, 6) is -0.572. The van der Waals surface area contributed by atoms with Gasteiger partial charge in [0.15, 0.2) is 0 Å². The molecule has 7 heteroatoms. The Kier molecular flexibility index (Phi) is 3.48. The molecule has 2 fully saturated rings. The van der Waals surface area contributed by atoms with Crippen LogP contribution in [0.5, 0.6) is 0 Å². The third kappa shape index (κ3) is 2.38. The third-order valence-electron chi connectivity index (χ3n) is 4.02. The molecule has 1 saturated heterocycles. The van der Waals surface area contributed by atoms with Gasteiger partial charge in [0.2, 0.25) is 11.8 Å². The average Bonchev–Trinajstić information content (AvgIpc) is 3.23. The van der Waals surface area contributed by atoms with Crippen LogP contribution in [-0.4, -0.2) is 38.1 Å². The summed E-state index contributed by atoms with van der Waals surface area (Å²) in [4.78, 5) is 37.2. The molecule has 1 saturated carbocycles. The molecule has 2 N–H and O–H groups in total. The number of benzene rings is 1. The van der Waals surface area contributed by atoms with Gasteiger partial charge < -0.3 is 15.4 Å². The summed E-state index contributed by atoms with van der Waals surface area (Å²) in [5, 5.41) is 5.29. The lowest BCUT2D eigenvalue weighted by atomic mass is 10.1. The van der Waals surface area contributed by atoms with Crippen LogP contribution < -0.4 is 15.5 Å². The van der Waals surface area contributed by atoms with Crippen molar-refractivity contribution in [1.29, 1.82) is 0 Å². The second-order valence-corrected chi connectivity index (χ2v) is 5.43. The van der Waals surface area contributed by atoms with E-state index in [1.165, 1.54) is 11.9 Å². The van der Waals surface area contributed by atoms with Crippen LogP contribution in [0.4, 0.5) is 16.2 Å². The molecule has 7 nitrogen and oxygen atoms in total. The minimum Gasteiger partial charge on any atom is -0.447 e. The van der Waals surface area contributed by atoms with Crippen LogP contribution in [0.2, 0.25) is 0 Å². The van der Waals surface area contributed by atoms with Crippen LogP contribution in [-0.2, 0) is 14.3 Å². The Morgan fingerprint density at radius 1 is 1.27 bits per heavy atom. The van der Waals surface area contributed by atoms with Crippen LogP contribution in [0.3, 0.4) is 0 Å². The fraction of sp³-hybridized carbons (Fsp3) is 0.400. The standard InChI is InChI=1S/C15H17N3O4/c1-16-12(19)15(5-6-15)13(20)17-10-3-2-4-11(9-10)18-7-8-22-14(18)21/h2-4,9H,5-8H2,1H3,(H,16,19)(H,17,20). The van der Waals surface area contributed by atoms with Gasteiger partial charge in [0, 0.05) is 18.4 Å². The maximum atomic E-state index is 12.3. The summed E-state index contributed by atoms with van der Waals surface area (Å²) >= 11 is 0. The number of hydrogen-bond donors (Lipinski definition) is 2. The maximum absolute atomic E-state index is 12.3. The van der Waals surface area contributed by atoms with Crippen molar-refractivity contribution in [2.75, 3.05) is 30.4 Å². The molecule has 0 aromatic heterocycles. The Hall–Kier alpha value is -2.57. The van der Waals surface area contributed by atoms with E-state index in [1.807, 2.05) is 0 Å². The van der Waals surface area contributed by atoms with Gasteiger partial charge in [-0.2, -0.15) is 0 Å². The van der Waals surface area contributed by atoms with E-state index < -0.39 is 11.5 Å². The van der Waals surface area contributed by atoms with Crippen molar-refractivity contribution < 1.29 is 19.1 Å². The number of nitrogens with one attached hydrogen (secondary N) is 2. The van der Waals surface area contributed by atoms with Gasteiger partial charge in [0.25, 0.3) is 0 Å². The monoisotopic (exact) mass is 303 g/mol. The molecular weight excluding hydrogens is 286 g/mol. The number of ether oxygens (including phenoxy) is 1. The minimum atomic E-state index is -0.947. The quantitative estimate of drug-likeness (QED) is 0.816. The average molecular weight is 303 g/mol. The van der Waals surface area contributed by atoms with Crippen LogP contribution >= 0.6 is 0 Å². The van der Waals surface area contributed by atoms with Crippen molar-refractivity contribution in [3.63, 3.8) is 0 Å². The number of amides is 3. The smallest absolute Gasteiger partial charge is 0.414 e. The van der Waals surface area contributed by atoms with Gasteiger partial charge >= 0.3 is 6.09 Å². The van der Waals surface area contributed by atoms with E-state index in [2.05, 4.69) is 10.6 Å². The predicted molar refractivity (Wildman–Crippen MR) is 79.5 cm³/mol. The molecule has 116 valence electrons. The summed E-state index contributed by atoms with van der Waals surface area (Å²) in [7, 11) is 1.52. The van der Waals surface area contributed by atoms with E-state index in [-0.39, 0.29) is 11.8 Å². The highest BCUT2D eigenvalue weighted by Gasteiger charge is 2.56. The van der Waals surface area contributed by atoms with Gasteiger partial charge in [-0.05, 0) is 31.0 Å². The zero-order chi connectivity index (χ0) is 15.7. The lowest BCUT2D eigenvalue weighted by Gasteiger charge is -2.16. The second-order valence-electron chi connectivity index (χ2n) is 5.43. The highest BCUT2D eigenvalue weighted by Crippen LogP contribution is 2.46. The summed E-state index contributed by atoms with van der Waals surface area (Å²) in [6.07, 6.45) is 0.709. The predicted octanol–water partition coefficient (Wildman–Crippen LogP) is 1.11. The summed E-state index contributed by atoms with van der Waals surface area (Å²) in [6.45, 7) is 0.841. The number of carbonyl (C=O) groups excluding carboxylic acids is 3. The molecule has 1 aliphatic carbocycles. The van der Waals surface area contributed by atoms with Crippen molar-refractivity contribution in [2.45, 2.75) is 12.8 Å². The van der Waals surface area contributed by atoms with Crippen LogP contribution in [0.25, 0.3) is 0 Å². The van der Waals surface area contributed by atoms with Crippen LogP contribution in [0.1, 0.15) is 12.8 Å². The molecule has 2 aliphatic rings.